The predicted molar refractivity (Wildman–Crippen MR) is 64.1 cm³/mol. The van der Waals surface area contributed by atoms with E-state index in [-0.39, 0.29) is 5.69 Å². The minimum atomic E-state index is -0.921. The Bertz CT molecular complexity index is 517. The highest BCUT2D eigenvalue weighted by molar-refractivity contribution is 5.87. The van der Waals surface area contributed by atoms with Gasteiger partial charge in [0, 0.05) is 6.54 Å². The molecule has 0 amide bonds. The average Bonchev–Trinajstić information content (AvgIpc) is 2.73. The molecule has 1 aromatic heterocycles. The summed E-state index contributed by atoms with van der Waals surface area (Å²) in [5.74, 6) is -0.921. The van der Waals surface area contributed by atoms with Crippen LogP contribution in [0.15, 0.2) is 36.7 Å². The van der Waals surface area contributed by atoms with Crippen LogP contribution in [-0.4, -0.2) is 20.6 Å². The summed E-state index contributed by atoms with van der Waals surface area (Å²) in [5.41, 5.74) is 1.99. The van der Waals surface area contributed by atoms with Gasteiger partial charge in [-0.3, -0.25) is 0 Å². The minimum absolute atomic E-state index is 0.288. The van der Waals surface area contributed by atoms with E-state index in [1.807, 2.05) is 37.3 Å². The van der Waals surface area contributed by atoms with Crippen LogP contribution in [0.3, 0.4) is 0 Å². The van der Waals surface area contributed by atoms with Gasteiger partial charge in [-0.1, -0.05) is 37.3 Å². The van der Waals surface area contributed by atoms with Crippen LogP contribution in [0.1, 0.15) is 28.7 Å². The Kier molecular flexibility index (Phi) is 3.23. The topological polar surface area (TPSA) is 55.1 Å². The van der Waals surface area contributed by atoms with Crippen molar-refractivity contribution in [1.82, 2.24) is 9.55 Å². The van der Waals surface area contributed by atoms with E-state index in [1.54, 1.807) is 10.9 Å². The molecule has 0 aliphatic heterocycles. The first-order valence-electron chi connectivity index (χ1n) is 5.53. The van der Waals surface area contributed by atoms with E-state index in [9.17, 15) is 9.90 Å². The zero-order valence-electron chi connectivity index (χ0n) is 9.63. The SMILES string of the molecule is CCc1ncn(Cc2ccccc2)c1C(=O)O. The highest BCUT2D eigenvalue weighted by Gasteiger charge is 2.16. The molecule has 0 radical (unpaired) electrons. The summed E-state index contributed by atoms with van der Waals surface area (Å²) in [6, 6.07) is 9.75. The minimum Gasteiger partial charge on any atom is -0.477 e. The molecule has 0 saturated carbocycles. The number of hydrogen-bond acceptors (Lipinski definition) is 2. The Morgan fingerprint density at radius 1 is 1.35 bits per heavy atom. The molecule has 0 aliphatic rings. The zero-order valence-corrected chi connectivity index (χ0v) is 9.63. The largest absolute Gasteiger partial charge is 0.477 e. The molecule has 0 bridgehead atoms. The van der Waals surface area contributed by atoms with Crippen LogP contribution in [0.25, 0.3) is 0 Å². The maximum atomic E-state index is 11.2. The Morgan fingerprint density at radius 3 is 2.65 bits per heavy atom. The molecule has 1 heterocycles. The zero-order chi connectivity index (χ0) is 12.3. The van der Waals surface area contributed by atoms with Crippen molar-refractivity contribution in [2.75, 3.05) is 0 Å². The maximum absolute atomic E-state index is 11.2. The lowest BCUT2D eigenvalue weighted by atomic mass is 10.2. The molecular formula is C13H14N2O2. The fourth-order valence-electron chi connectivity index (χ4n) is 1.83. The van der Waals surface area contributed by atoms with Gasteiger partial charge in [-0.25, -0.2) is 9.78 Å². The second-order valence-electron chi connectivity index (χ2n) is 3.81. The first kappa shape index (κ1) is 11.4. The number of aromatic carboxylic acids is 1. The van der Waals surface area contributed by atoms with E-state index >= 15 is 0 Å². The lowest BCUT2D eigenvalue weighted by Crippen LogP contribution is -2.10. The number of carboxylic acid groups (broad SMARTS) is 1. The lowest BCUT2D eigenvalue weighted by Gasteiger charge is -2.06. The fourth-order valence-corrected chi connectivity index (χ4v) is 1.83. The summed E-state index contributed by atoms with van der Waals surface area (Å²) in [6.07, 6.45) is 2.22. The van der Waals surface area contributed by atoms with Gasteiger partial charge in [0.25, 0.3) is 0 Å². The van der Waals surface area contributed by atoms with Crippen molar-refractivity contribution in [2.45, 2.75) is 19.9 Å². The van der Waals surface area contributed by atoms with Crippen molar-refractivity contribution < 1.29 is 9.90 Å². The van der Waals surface area contributed by atoms with Gasteiger partial charge in [-0.2, -0.15) is 0 Å². The van der Waals surface area contributed by atoms with Crippen LogP contribution in [-0.2, 0) is 13.0 Å². The van der Waals surface area contributed by atoms with Gasteiger partial charge in [0.05, 0.1) is 12.0 Å². The molecule has 1 aromatic carbocycles. The molecule has 0 unspecified atom stereocenters. The molecule has 4 nitrogen and oxygen atoms in total. The lowest BCUT2D eigenvalue weighted by molar-refractivity contribution is 0.0684. The van der Waals surface area contributed by atoms with Gasteiger partial charge in [0.2, 0.25) is 0 Å². The Morgan fingerprint density at radius 2 is 2.06 bits per heavy atom. The van der Waals surface area contributed by atoms with E-state index in [2.05, 4.69) is 4.98 Å². The van der Waals surface area contributed by atoms with E-state index in [0.717, 1.165) is 5.56 Å². The number of benzene rings is 1. The maximum Gasteiger partial charge on any atom is 0.354 e. The van der Waals surface area contributed by atoms with Gasteiger partial charge in [-0.05, 0) is 12.0 Å². The number of nitrogens with zero attached hydrogens (tertiary/aromatic N) is 2. The third-order valence-corrected chi connectivity index (χ3v) is 2.65. The van der Waals surface area contributed by atoms with Crippen molar-refractivity contribution >= 4 is 5.97 Å². The van der Waals surface area contributed by atoms with E-state index < -0.39 is 5.97 Å². The molecule has 4 heteroatoms. The second-order valence-corrected chi connectivity index (χ2v) is 3.81. The molecule has 17 heavy (non-hydrogen) atoms. The summed E-state index contributed by atoms with van der Waals surface area (Å²) in [6.45, 7) is 2.44. The number of aromatic nitrogens is 2. The molecule has 2 rings (SSSR count). The van der Waals surface area contributed by atoms with Crippen molar-refractivity contribution in [3.05, 3.63) is 53.6 Å². The quantitative estimate of drug-likeness (QED) is 0.876. The van der Waals surface area contributed by atoms with E-state index in [4.69, 9.17) is 0 Å². The highest BCUT2D eigenvalue weighted by Crippen LogP contribution is 2.11. The fraction of sp³-hybridized carbons (Fsp3) is 0.231. The number of carbonyl (C=O) groups is 1. The standard InChI is InChI=1S/C13H14N2O2/c1-2-11-12(13(16)17)15(9-14-11)8-10-6-4-3-5-7-10/h3-7,9H,2,8H2,1H3,(H,16,17). The third-order valence-electron chi connectivity index (χ3n) is 2.65. The van der Waals surface area contributed by atoms with Crippen LogP contribution in [0, 0.1) is 0 Å². The summed E-state index contributed by atoms with van der Waals surface area (Å²) in [4.78, 5) is 15.3. The highest BCUT2D eigenvalue weighted by atomic mass is 16.4. The third kappa shape index (κ3) is 2.36. The number of carboxylic acids is 1. The summed E-state index contributed by atoms with van der Waals surface area (Å²) >= 11 is 0. The van der Waals surface area contributed by atoms with Crippen molar-refractivity contribution in [1.29, 1.82) is 0 Å². The first-order valence-corrected chi connectivity index (χ1v) is 5.53. The van der Waals surface area contributed by atoms with Gasteiger partial charge in [0.15, 0.2) is 5.69 Å². The number of rotatable bonds is 4. The van der Waals surface area contributed by atoms with Crippen LogP contribution in [0.5, 0.6) is 0 Å². The average molecular weight is 230 g/mol. The van der Waals surface area contributed by atoms with E-state index in [0.29, 0.717) is 18.7 Å². The molecular weight excluding hydrogens is 216 g/mol. The van der Waals surface area contributed by atoms with Crippen LogP contribution >= 0.6 is 0 Å². The number of imidazole rings is 1. The monoisotopic (exact) mass is 230 g/mol. The van der Waals surface area contributed by atoms with Gasteiger partial charge in [0.1, 0.15) is 0 Å². The van der Waals surface area contributed by atoms with Crippen molar-refractivity contribution in [3.8, 4) is 0 Å². The molecule has 0 spiro atoms. The predicted octanol–water partition coefficient (Wildman–Crippen LogP) is 2.19. The van der Waals surface area contributed by atoms with Gasteiger partial charge >= 0.3 is 5.97 Å². The molecule has 88 valence electrons. The molecule has 0 atom stereocenters. The molecule has 0 aliphatic carbocycles. The molecule has 2 aromatic rings. The number of aryl methyl sites for hydroxylation is 1. The number of hydrogen-bond donors (Lipinski definition) is 1. The Labute approximate surface area is 99.5 Å². The van der Waals surface area contributed by atoms with E-state index in [1.165, 1.54) is 0 Å². The normalized spacial score (nSPS) is 10.4. The smallest absolute Gasteiger partial charge is 0.354 e. The van der Waals surface area contributed by atoms with Crippen molar-refractivity contribution in [3.63, 3.8) is 0 Å². The van der Waals surface area contributed by atoms with Crippen LogP contribution in [0.2, 0.25) is 0 Å². The van der Waals surface area contributed by atoms with Gasteiger partial charge < -0.3 is 9.67 Å². The van der Waals surface area contributed by atoms with Crippen molar-refractivity contribution in [2.24, 2.45) is 0 Å². The molecule has 0 saturated heterocycles. The molecule has 0 fully saturated rings. The Balaban J connectivity index is 2.33. The summed E-state index contributed by atoms with van der Waals surface area (Å²) < 4.78 is 1.68. The molecule has 1 N–H and O–H groups in total. The Hall–Kier alpha value is -2.10. The van der Waals surface area contributed by atoms with Gasteiger partial charge in [-0.15, -0.1) is 0 Å². The van der Waals surface area contributed by atoms with Crippen LogP contribution in [0.4, 0.5) is 0 Å². The van der Waals surface area contributed by atoms with Crippen LogP contribution < -0.4 is 0 Å². The summed E-state index contributed by atoms with van der Waals surface area (Å²) in [7, 11) is 0. The first-order chi connectivity index (χ1) is 8.22. The summed E-state index contributed by atoms with van der Waals surface area (Å²) in [5, 5.41) is 9.18. The second kappa shape index (κ2) is 4.82.